The van der Waals surface area contributed by atoms with Gasteiger partial charge in [-0.05, 0) is 18.4 Å². The van der Waals surface area contributed by atoms with Gasteiger partial charge < -0.3 is 10.4 Å². The van der Waals surface area contributed by atoms with Crippen molar-refractivity contribution in [2.45, 2.75) is 12.2 Å². The van der Waals surface area contributed by atoms with Crippen molar-refractivity contribution in [1.82, 2.24) is 0 Å². The molecule has 1 heterocycles. The third-order valence-corrected chi connectivity index (χ3v) is 3.81. The maximum absolute atomic E-state index is 11.5. The first-order valence-corrected chi connectivity index (χ1v) is 6.59. The number of thiophene rings is 1. The van der Waals surface area contributed by atoms with Crippen molar-refractivity contribution in [2.24, 2.45) is 0 Å². The Morgan fingerprint density at radius 1 is 1.71 bits per heavy atom. The predicted molar refractivity (Wildman–Crippen MR) is 67.2 cm³/mol. The van der Waals surface area contributed by atoms with Gasteiger partial charge in [0.1, 0.15) is 11.1 Å². The molecule has 2 N–H and O–H groups in total. The summed E-state index contributed by atoms with van der Waals surface area (Å²) in [5.74, 6) is -1.20. The lowest BCUT2D eigenvalue weighted by Crippen LogP contribution is -2.19. The highest BCUT2D eigenvalue weighted by Gasteiger charge is 2.14. The molecule has 1 amide bonds. The van der Waals surface area contributed by atoms with E-state index in [2.05, 4.69) is 5.32 Å². The summed E-state index contributed by atoms with van der Waals surface area (Å²) in [5, 5.41) is 21.5. The molecule has 0 saturated carbocycles. The predicted octanol–water partition coefficient (Wildman–Crippen LogP) is 1.76. The molecule has 0 aromatic carbocycles. The topological polar surface area (TPSA) is 90.2 Å². The van der Waals surface area contributed by atoms with Crippen LogP contribution < -0.4 is 5.32 Å². The molecule has 1 atom stereocenters. The van der Waals surface area contributed by atoms with Gasteiger partial charge in [-0.2, -0.15) is 5.26 Å². The van der Waals surface area contributed by atoms with Crippen LogP contribution in [0.3, 0.4) is 0 Å². The summed E-state index contributed by atoms with van der Waals surface area (Å²) in [5.41, 5.74) is 0.416. The van der Waals surface area contributed by atoms with Gasteiger partial charge in [0.05, 0.1) is 16.6 Å². The van der Waals surface area contributed by atoms with E-state index >= 15 is 0 Å². The summed E-state index contributed by atoms with van der Waals surface area (Å²) in [6.45, 7) is 1.52. The normalized spacial score (nSPS) is 11.5. The fraction of sp³-hybridized carbons (Fsp3) is 0.300. The Bertz CT molecular complexity index is 464. The highest BCUT2D eigenvalue weighted by atomic mass is 32.2. The van der Waals surface area contributed by atoms with E-state index in [0.717, 1.165) is 11.8 Å². The Hall–Kier alpha value is -1.52. The van der Waals surface area contributed by atoms with Crippen molar-refractivity contribution in [3.8, 4) is 6.07 Å². The van der Waals surface area contributed by atoms with Crippen LogP contribution in [0.5, 0.6) is 0 Å². The third-order valence-electron chi connectivity index (χ3n) is 1.85. The van der Waals surface area contributed by atoms with Gasteiger partial charge in [0.15, 0.2) is 0 Å². The largest absolute Gasteiger partial charge is 0.480 e. The van der Waals surface area contributed by atoms with E-state index in [9.17, 15) is 9.59 Å². The van der Waals surface area contributed by atoms with Gasteiger partial charge >= 0.3 is 5.97 Å². The summed E-state index contributed by atoms with van der Waals surface area (Å²) in [7, 11) is 0. The van der Waals surface area contributed by atoms with Crippen LogP contribution >= 0.6 is 23.1 Å². The number of nitriles is 1. The van der Waals surface area contributed by atoms with Gasteiger partial charge in [-0.3, -0.25) is 9.59 Å². The summed E-state index contributed by atoms with van der Waals surface area (Å²) in [6.07, 6.45) is 0. The Morgan fingerprint density at radius 2 is 2.41 bits per heavy atom. The highest BCUT2D eigenvalue weighted by Crippen LogP contribution is 2.22. The molecule has 5 nitrogen and oxygen atoms in total. The molecule has 0 aliphatic rings. The molecule has 0 fully saturated rings. The lowest BCUT2D eigenvalue weighted by molar-refractivity contribution is -0.136. The lowest BCUT2D eigenvalue weighted by Gasteiger charge is -2.06. The molecule has 7 heteroatoms. The number of carbonyl (C=O) groups is 2. The van der Waals surface area contributed by atoms with Gasteiger partial charge in [0.2, 0.25) is 5.91 Å². The first-order chi connectivity index (χ1) is 8.04. The Balaban J connectivity index is 2.46. The molecule has 0 aliphatic heterocycles. The maximum Gasteiger partial charge on any atom is 0.316 e. The molecule has 0 radical (unpaired) electrons. The number of anilines is 1. The molecule has 0 bridgehead atoms. The number of hydrogen-bond donors (Lipinski definition) is 2. The second-order valence-electron chi connectivity index (χ2n) is 3.11. The van der Waals surface area contributed by atoms with Crippen LogP contribution in [0.25, 0.3) is 0 Å². The average Bonchev–Trinajstić information content (AvgIpc) is 2.72. The van der Waals surface area contributed by atoms with Crippen molar-refractivity contribution >= 4 is 40.0 Å². The minimum Gasteiger partial charge on any atom is -0.480 e. The Labute approximate surface area is 106 Å². The molecule has 0 spiro atoms. The van der Waals surface area contributed by atoms with Crippen molar-refractivity contribution in [1.29, 1.82) is 5.26 Å². The second-order valence-corrected chi connectivity index (χ2v) is 5.36. The van der Waals surface area contributed by atoms with E-state index < -0.39 is 11.2 Å². The van der Waals surface area contributed by atoms with Crippen LogP contribution in [0.15, 0.2) is 11.4 Å². The molecule has 1 rings (SSSR count). The van der Waals surface area contributed by atoms with Crippen LogP contribution in [0.4, 0.5) is 5.00 Å². The maximum atomic E-state index is 11.5. The van der Waals surface area contributed by atoms with Gasteiger partial charge in [0.25, 0.3) is 0 Å². The average molecular weight is 270 g/mol. The van der Waals surface area contributed by atoms with Crippen LogP contribution in [-0.4, -0.2) is 28.0 Å². The fourth-order valence-corrected chi connectivity index (χ4v) is 2.30. The number of carboxylic acids is 1. The zero-order valence-corrected chi connectivity index (χ0v) is 10.6. The number of hydrogen-bond acceptors (Lipinski definition) is 5. The zero-order valence-electron chi connectivity index (χ0n) is 8.97. The van der Waals surface area contributed by atoms with Crippen LogP contribution in [0.2, 0.25) is 0 Å². The number of carbonyl (C=O) groups excluding carboxylic acids is 1. The minimum absolute atomic E-state index is 0.0518. The summed E-state index contributed by atoms with van der Waals surface area (Å²) in [6, 6.07) is 3.58. The molecule has 1 aromatic heterocycles. The lowest BCUT2D eigenvalue weighted by atomic mass is 10.3. The second kappa shape index (κ2) is 6.27. The monoisotopic (exact) mass is 270 g/mol. The van der Waals surface area contributed by atoms with Crippen molar-refractivity contribution in [3.63, 3.8) is 0 Å². The quantitative estimate of drug-likeness (QED) is 0.851. The smallest absolute Gasteiger partial charge is 0.316 e. The number of nitrogens with zero attached hydrogens (tertiary/aromatic N) is 1. The van der Waals surface area contributed by atoms with Crippen molar-refractivity contribution in [2.75, 3.05) is 11.1 Å². The van der Waals surface area contributed by atoms with E-state index in [0.29, 0.717) is 10.6 Å². The number of aliphatic carboxylic acids is 1. The summed E-state index contributed by atoms with van der Waals surface area (Å²) >= 11 is 2.30. The first-order valence-electron chi connectivity index (χ1n) is 4.66. The summed E-state index contributed by atoms with van der Waals surface area (Å²) in [4.78, 5) is 22.0. The SMILES string of the molecule is CC(SCC(=O)Nc1sccc1C#N)C(=O)O. The van der Waals surface area contributed by atoms with Crippen LogP contribution in [-0.2, 0) is 9.59 Å². The molecule has 17 heavy (non-hydrogen) atoms. The van der Waals surface area contributed by atoms with Crippen molar-refractivity contribution in [3.05, 3.63) is 17.0 Å². The van der Waals surface area contributed by atoms with Gasteiger partial charge in [-0.25, -0.2) is 0 Å². The molecule has 1 unspecified atom stereocenters. The van der Waals surface area contributed by atoms with Crippen molar-refractivity contribution < 1.29 is 14.7 Å². The Kier molecular flexibility index (Phi) is 5.00. The number of rotatable bonds is 5. The fourth-order valence-electron chi connectivity index (χ4n) is 0.929. The molecular weight excluding hydrogens is 260 g/mol. The number of amides is 1. The van der Waals surface area contributed by atoms with Crippen LogP contribution in [0.1, 0.15) is 12.5 Å². The Morgan fingerprint density at radius 3 is 3.00 bits per heavy atom. The third kappa shape index (κ3) is 4.09. The van der Waals surface area contributed by atoms with E-state index in [-0.39, 0.29) is 11.7 Å². The number of thioether (sulfide) groups is 1. The van der Waals surface area contributed by atoms with E-state index in [4.69, 9.17) is 10.4 Å². The molecule has 0 saturated heterocycles. The number of nitrogens with one attached hydrogen (secondary N) is 1. The van der Waals surface area contributed by atoms with E-state index in [1.165, 1.54) is 18.3 Å². The number of carboxylic acid groups (broad SMARTS) is 1. The van der Waals surface area contributed by atoms with Gasteiger partial charge in [-0.15, -0.1) is 23.1 Å². The minimum atomic E-state index is -0.948. The highest BCUT2D eigenvalue weighted by molar-refractivity contribution is 8.01. The molecule has 1 aromatic rings. The van der Waals surface area contributed by atoms with E-state index in [1.54, 1.807) is 11.4 Å². The van der Waals surface area contributed by atoms with Crippen LogP contribution in [0, 0.1) is 11.3 Å². The molecule has 0 aliphatic carbocycles. The van der Waals surface area contributed by atoms with Gasteiger partial charge in [0, 0.05) is 0 Å². The molecular formula is C10H10N2O3S2. The zero-order chi connectivity index (χ0) is 12.8. The summed E-state index contributed by atoms with van der Waals surface area (Å²) < 4.78 is 0. The first kappa shape index (κ1) is 13.5. The molecule has 90 valence electrons. The van der Waals surface area contributed by atoms with Gasteiger partial charge in [-0.1, -0.05) is 0 Å². The van der Waals surface area contributed by atoms with E-state index in [1.807, 2.05) is 6.07 Å². The standard InChI is InChI=1S/C10H10N2O3S2/c1-6(10(14)15)17-5-8(13)12-9-7(4-11)2-3-16-9/h2-3,6H,5H2,1H3,(H,12,13)(H,14,15).